The van der Waals surface area contributed by atoms with Crippen molar-refractivity contribution in [1.29, 1.82) is 0 Å². The van der Waals surface area contributed by atoms with Crippen LogP contribution in [0.4, 0.5) is 0 Å². The summed E-state index contributed by atoms with van der Waals surface area (Å²) in [6.45, 7) is 0. The maximum atomic E-state index is 8.52. The summed E-state index contributed by atoms with van der Waals surface area (Å²) in [5.74, 6) is 0. The monoisotopic (exact) mass is 213 g/mol. The molecule has 0 fully saturated rings. The summed E-state index contributed by atoms with van der Waals surface area (Å²) in [6, 6.07) is 0. The number of hydrogen-bond acceptors (Lipinski definition) is 4. The van der Waals surface area contributed by atoms with Gasteiger partial charge in [-0.3, -0.25) is 8.42 Å². The quantitative estimate of drug-likeness (QED) is 0.273. The molecule has 0 amide bonds. The third-order valence-electron chi connectivity index (χ3n) is 0. The smallest absolute Gasteiger partial charge is 0.759 e. The molecule has 0 aromatic carbocycles. The van der Waals surface area contributed by atoms with Crippen LogP contribution in [0.5, 0.6) is 0 Å². The molecule has 0 radical (unpaired) electrons. The number of hydrogen-bond donors (Lipinski definition) is 0. The van der Waals surface area contributed by atoms with E-state index in [1.807, 2.05) is 0 Å². The molecule has 0 atom stereocenters. The normalized spacial score (nSPS) is 8.29. The Morgan fingerprint density at radius 1 is 1.14 bits per heavy atom. The van der Waals surface area contributed by atoms with Gasteiger partial charge in [-0.15, -0.1) is 0 Å². The Hall–Kier alpha value is 1.29. The summed E-state index contributed by atoms with van der Waals surface area (Å²) in [5.41, 5.74) is 0. The molecule has 0 aliphatic rings. The standard InChI is InChI=1S/Al.H2O4S.Zr/c;1-5(2,3)4;/h;(H2,1,2,3,4);/q+3;;+2/p-2. The molecule has 0 bridgehead atoms. The SMILES string of the molecule is O=S(=O)([O-])[O-].[Al+3].[Zr+2]. The first-order chi connectivity index (χ1) is 2.00. The second-order valence-electron chi connectivity index (χ2n) is 0.408. The fraction of sp³-hybridized carbons (Fsp3) is 0. The van der Waals surface area contributed by atoms with E-state index in [0.717, 1.165) is 0 Å². The van der Waals surface area contributed by atoms with Crippen molar-refractivity contribution in [3.8, 4) is 0 Å². The minimum atomic E-state index is -5.17. The van der Waals surface area contributed by atoms with Gasteiger partial charge >= 0.3 is 43.6 Å². The van der Waals surface area contributed by atoms with Gasteiger partial charge in [0.15, 0.2) is 0 Å². The molecule has 34 valence electrons. The van der Waals surface area contributed by atoms with Gasteiger partial charge < -0.3 is 9.11 Å². The average Bonchev–Trinajstić information content (AvgIpc) is 0.722. The second kappa shape index (κ2) is 5.42. The van der Waals surface area contributed by atoms with Gasteiger partial charge in [0.05, 0.1) is 0 Å². The zero-order valence-electron chi connectivity index (χ0n) is 3.12. The van der Waals surface area contributed by atoms with Crippen LogP contribution in [0.15, 0.2) is 0 Å². The summed E-state index contributed by atoms with van der Waals surface area (Å²) in [6.07, 6.45) is 0. The van der Waals surface area contributed by atoms with Crippen molar-refractivity contribution < 1.29 is 43.7 Å². The van der Waals surface area contributed by atoms with Crippen LogP contribution >= 0.6 is 0 Å². The Kier molecular flexibility index (Phi) is 12.2. The molecule has 0 N–H and O–H groups in total. The van der Waals surface area contributed by atoms with E-state index in [1.54, 1.807) is 0 Å². The van der Waals surface area contributed by atoms with Crippen LogP contribution in [0.25, 0.3) is 0 Å². The van der Waals surface area contributed by atoms with E-state index in [2.05, 4.69) is 0 Å². The maximum absolute atomic E-state index is 8.52. The van der Waals surface area contributed by atoms with Crippen molar-refractivity contribution in [1.82, 2.24) is 0 Å². The molecule has 0 aromatic heterocycles. The van der Waals surface area contributed by atoms with Crippen molar-refractivity contribution in [2.45, 2.75) is 0 Å². The van der Waals surface area contributed by atoms with Gasteiger partial charge in [0, 0.05) is 10.4 Å². The fourth-order valence-corrected chi connectivity index (χ4v) is 0. The summed E-state index contributed by atoms with van der Waals surface area (Å²) in [7, 11) is -5.17. The van der Waals surface area contributed by atoms with Gasteiger partial charge in [-0.25, -0.2) is 0 Å². The molecule has 0 unspecified atom stereocenters. The van der Waals surface area contributed by atoms with Crippen molar-refractivity contribution in [3.63, 3.8) is 0 Å². The summed E-state index contributed by atoms with van der Waals surface area (Å²) >= 11 is 0. The minimum Gasteiger partial charge on any atom is -0.759 e. The predicted octanol–water partition coefficient (Wildman–Crippen LogP) is -1.72. The third kappa shape index (κ3) is 123. The van der Waals surface area contributed by atoms with E-state index in [4.69, 9.17) is 17.5 Å². The first kappa shape index (κ1) is 15.7. The first-order valence-corrected chi connectivity index (χ1v) is 2.00. The van der Waals surface area contributed by atoms with E-state index in [1.165, 1.54) is 0 Å². The van der Waals surface area contributed by atoms with Crippen LogP contribution in [-0.2, 0) is 36.6 Å². The molecule has 0 aliphatic heterocycles. The molecular formula is AlO4SZr+3. The molecule has 0 saturated heterocycles. The van der Waals surface area contributed by atoms with Gasteiger partial charge in [-0.2, -0.15) is 0 Å². The van der Waals surface area contributed by atoms with Gasteiger partial charge in [-0.05, 0) is 0 Å². The summed E-state index contributed by atoms with van der Waals surface area (Å²) < 4.78 is 34.1. The zero-order chi connectivity index (χ0) is 4.50. The Bertz CT molecular complexity index is 94.9. The summed E-state index contributed by atoms with van der Waals surface area (Å²) in [4.78, 5) is 0. The van der Waals surface area contributed by atoms with Crippen molar-refractivity contribution in [2.24, 2.45) is 0 Å². The number of rotatable bonds is 0. The molecule has 0 aromatic rings. The van der Waals surface area contributed by atoms with E-state index >= 15 is 0 Å². The molecule has 0 rings (SSSR count). The Morgan fingerprint density at radius 2 is 1.14 bits per heavy atom. The molecule has 7 heteroatoms. The molecular weight excluding hydrogens is 214 g/mol. The maximum Gasteiger partial charge on any atom is 3.00 e. The van der Waals surface area contributed by atoms with E-state index < -0.39 is 10.4 Å². The van der Waals surface area contributed by atoms with Crippen LogP contribution in [0.1, 0.15) is 0 Å². The van der Waals surface area contributed by atoms with E-state index in [0.29, 0.717) is 0 Å². The van der Waals surface area contributed by atoms with Gasteiger partial charge in [-0.1, -0.05) is 0 Å². The largest absolute Gasteiger partial charge is 3.00 e. The van der Waals surface area contributed by atoms with E-state index in [-0.39, 0.29) is 43.6 Å². The van der Waals surface area contributed by atoms with Gasteiger partial charge in [0.1, 0.15) is 0 Å². The van der Waals surface area contributed by atoms with Crippen LogP contribution in [0.2, 0.25) is 0 Å². The Labute approximate surface area is 71.1 Å². The molecule has 0 aliphatic carbocycles. The zero-order valence-corrected chi connectivity index (χ0v) is 7.55. The minimum absolute atomic E-state index is 0. The van der Waals surface area contributed by atoms with Crippen LogP contribution < -0.4 is 0 Å². The van der Waals surface area contributed by atoms with Crippen molar-refractivity contribution >= 4 is 27.8 Å². The van der Waals surface area contributed by atoms with Crippen LogP contribution in [0, 0.1) is 0 Å². The first-order valence-electron chi connectivity index (χ1n) is 0.667. The predicted molar refractivity (Wildman–Crippen MR) is 16.2 cm³/mol. The topological polar surface area (TPSA) is 80.3 Å². The molecule has 0 saturated carbocycles. The Balaban J connectivity index is -0.0000000800. The third-order valence-corrected chi connectivity index (χ3v) is 0. The molecule has 7 heavy (non-hydrogen) atoms. The molecule has 0 spiro atoms. The van der Waals surface area contributed by atoms with Crippen molar-refractivity contribution in [2.75, 3.05) is 0 Å². The van der Waals surface area contributed by atoms with Crippen molar-refractivity contribution in [3.05, 3.63) is 0 Å². The van der Waals surface area contributed by atoms with Gasteiger partial charge in [0.25, 0.3) is 0 Å². The van der Waals surface area contributed by atoms with Crippen LogP contribution in [0.3, 0.4) is 0 Å². The Morgan fingerprint density at radius 3 is 1.14 bits per heavy atom. The summed E-state index contributed by atoms with van der Waals surface area (Å²) in [5, 5.41) is 0. The molecule has 0 heterocycles. The fourth-order valence-electron chi connectivity index (χ4n) is 0. The van der Waals surface area contributed by atoms with E-state index in [9.17, 15) is 0 Å². The molecule has 4 nitrogen and oxygen atoms in total. The second-order valence-corrected chi connectivity index (χ2v) is 1.22. The van der Waals surface area contributed by atoms with Crippen LogP contribution in [-0.4, -0.2) is 34.9 Å². The average molecular weight is 214 g/mol. The van der Waals surface area contributed by atoms with Gasteiger partial charge in [0.2, 0.25) is 0 Å².